The van der Waals surface area contributed by atoms with Gasteiger partial charge in [0, 0.05) is 13.2 Å². The van der Waals surface area contributed by atoms with Crippen LogP contribution in [0.2, 0.25) is 0 Å². The molecule has 92 valence electrons. The number of nitrogens with one attached hydrogen (secondary N) is 2. The molecule has 0 saturated heterocycles. The van der Waals surface area contributed by atoms with Crippen LogP contribution in [0.25, 0.3) is 0 Å². The molecule has 0 aliphatic heterocycles. The van der Waals surface area contributed by atoms with E-state index in [-0.39, 0.29) is 0 Å². The van der Waals surface area contributed by atoms with E-state index in [0.29, 0.717) is 0 Å². The maximum atomic E-state index is 5.83. The zero-order valence-electron chi connectivity index (χ0n) is 10.6. The van der Waals surface area contributed by atoms with Gasteiger partial charge < -0.3 is 8.85 Å². The van der Waals surface area contributed by atoms with Crippen molar-refractivity contribution < 1.29 is 8.85 Å². The number of hydrogen-bond donors (Lipinski definition) is 2. The smallest absolute Gasteiger partial charge is 0.371 e. The minimum atomic E-state index is -2.33. The standard InChI is InChI=1S/C10H26N2O2Si/c1-5-8-12-15(11-4,13-9-6-2)14-10-7-3/h11-12H,5-10H2,1-4H3. The highest BCUT2D eigenvalue weighted by molar-refractivity contribution is 6.62. The van der Waals surface area contributed by atoms with Crippen molar-refractivity contribution in [2.45, 2.75) is 40.0 Å². The van der Waals surface area contributed by atoms with Gasteiger partial charge in [-0.2, -0.15) is 0 Å². The largest absolute Gasteiger partial charge is 0.516 e. The molecule has 2 N–H and O–H groups in total. The van der Waals surface area contributed by atoms with Crippen LogP contribution < -0.4 is 9.96 Å². The summed E-state index contributed by atoms with van der Waals surface area (Å²) in [5.74, 6) is 0. The molecule has 15 heavy (non-hydrogen) atoms. The van der Waals surface area contributed by atoms with E-state index in [1.807, 2.05) is 7.05 Å². The Kier molecular flexibility index (Phi) is 9.33. The summed E-state index contributed by atoms with van der Waals surface area (Å²) >= 11 is 0. The molecule has 0 heterocycles. The maximum Gasteiger partial charge on any atom is 0.516 e. The van der Waals surface area contributed by atoms with E-state index < -0.39 is 8.88 Å². The van der Waals surface area contributed by atoms with Crippen LogP contribution in [0.5, 0.6) is 0 Å². The van der Waals surface area contributed by atoms with E-state index in [1.165, 1.54) is 0 Å². The van der Waals surface area contributed by atoms with Crippen molar-refractivity contribution in [3.63, 3.8) is 0 Å². The first-order chi connectivity index (χ1) is 7.24. The van der Waals surface area contributed by atoms with Crippen LogP contribution in [-0.4, -0.2) is 35.7 Å². The molecule has 4 nitrogen and oxygen atoms in total. The van der Waals surface area contributed by atoms with Crippen LogP contribution in [0.3, 0.4) is 0 Å². The average molecular weight is 234 g/mol. The molecule has 0 fully saturated rings. The summed E-state index contributed by atoms with van der Waals surface area (Å²) in [5.41, 5.74) is 0. The molecule has 0 aromatic rings. The summed E-state index contributed by atoms with van der Waals surface area (Å²) in [6.45, 7) is 8.77. The van der Waals surface area contributed by atoms with Crippen molar-refractivity contribution in [2.75, 3.05) is 26.8 Å². The van der Waals surface area contributed by atoms with Gasteiger partial charge >= 0.3 is 8.88 Å². The van der Waals surface area contributed by atoms with Gasteiger partial charge in [-0.1, -0.05) is 20.8 Å². The Hall–Kier alpha value is 0.0569. The molecule has 0 saturated carbocycles. The first-order valence-electron chi connectivity index (χ1n) is 5.96. The monoisotopic (exact) mass is 234 g/mol. The third-order valence-corrected chi connectivity index (χ3v) is 4.55. The van der Waals surface area contributed by atoms with Crippen molar-refractivity contribution >= 4 is 8.88 Å². The van der Waals surface area contributed by atoms with Gasteiger partial charge in [-0.05, 0) is 32.9 Å². The summed E-state index contributed by atoms with van der Waals surface area (Å²) in [5, 5.41) is 0. The van der Waals surface area contributed by atoms with E-state index in [4.69, 9.17) is 8.85 Å². The highest BCUT2D eigenvalue weighted by atomic mass is 28.4. The molecule has 0 bridgehead atoms. The fourth-order valence-electron chi connectivity index (χ4n) is 1.16. The third-order valence-electron chi connectivity index (χ3n) is 1.96. The van der Waals surface area contributed by atoms with Gasteiger partial charge in [0.15, 0.2) is 0 Å². The van der Waals surface area contributed by atoms with Gasteiger partial charge in [0.05, 0.1) is 0 Å². The zero-order valence-corrected chi connectivity index (χ0v) is 11.6. The molecule has 0 aliphatic rings. The topological polar surface area (TPSA) is 42.5 Å². The van der Waals surface area contributed by atoms with Crippen LogP contribution in [-0.2, 0) is 8.85 Å². The summed E-state index contributed by atoms with van der Waals surface area (Å²) in [6.07, 6.45) is 3.11. The minimum absolute atomic E-state index is 0.744. The van der Waals surface area contributed by atoms with Gasteiger partial charge in [-0.15, -0.1) is 0 Å². The SMILES string of the molecule is CCCN[Si](NC)(OCCC)OCCC. The Bertz CT molecular complexity index is 126. The Morgan fingerprint density at radius 2 is 1.47 bits per heavy atom. The summed E-state index contributed by atoms with van der Waals surface area (Å²) in [6, 6.07) is 0. The van der Waals surface area contributed by atoms with Crippen LogP contribution in [0.4, 0.5) is 0 Å². The van der Waals surface area contributed by atoms with Crippen molar-refractivity contribution in [3.8, 4) is 0 Å². The lowest BCUT2D eigenvalue weighted by Gasteiger charge is -2.29. The first-order valence-corrected chi connectivity index (χ1v) is 7.78. The number of rotatable bonds is 10. The lowest BCUT2D eigenvalue weighted by Crippen LogP contribution is -2.66. The lowest BCUT2D eigenvalue weighted by molar-refractivity contribution is 0.148. The second kappa shape index (κ2) is 9.29. The van der Waals surface area contributed by atoms with Crippen molar-refractivity contribution in [1.29, 1.82) is 0 Å². The highest BCUT2D eigenvalue weighted by Gasteiger charge is 2.37. The van der Waals surface area contributed by atoms with E-state index in [9.17, 15) is 0 Å². The first kappa shape index (κ1) is 15.1. The minimum Gasteiger partial charge on any atom is -0.371 e. The van der Waals surface area contributed by atoms with Crippen LogP contribution in [0.1, 0.15) is 40.0 Å². The molecular weight excluding hydrogens is 208 g/mol. The second-order valence-electron chi connectivity index (χ2n) is 3.49. The normalized spacial score (nSPS) is 12.0. The molecule has 0 aromatic heterocycles. The number of hydrogen-bond acceptors (Lipinski definition) is 4. The molecule has 0 aliphatic carbocycles. The summed E-state index contributed by atoms with van der Waals surface area (Å²) < 4.78 is 11.7. The molecule has 0 radical (unpaired) electrons. The molecule has 5 heteroatoms. The fourth-order valence-corrected chi connectivity index (χ4v) is 3.47. The highest BCUT2D eigenvalue weighted by Crippen LogP contribution is 2.01. The summed E-state index contributed by atoms with van der Waals surface area (Å²) in [4.78, 5) is 6.59. The molecule has 0 spiro atoms. The average Bonchev–Trinajstić information content (AvgIpc) is 2.29. The Balaban J connectivity index is 4.16. The van der Waals surface area contributed by atoms with Crippen LogP contribution in [0.15, 0.2) is 0 Å². The van der Waals surface area contributed by atoms with Crippen molar-refractivity contribution in [1.82, 2.24) is 9.96 Å². The van der Waals surface area contributed by atoms with E-state index >= 15 is 0 Å². The van der Waals surface area contributed by atoms with E-state index in [0.717, 1.165) is 39.0 Å². The Morgan fingerprint density at radius 1 is 0.933 bits per heavy atom. The Labute approximate surface area is 95.1 Å². The predicted octanol–water partition coefficient (Wildman–Crippen LogP) is 1.49. The lowest BCUT2D eigenvalue weighted by atomic mass is 10.5. The summed E-state index contributed by atoms with van der Waals surface area (Å²) in [7, 11) is -0.429. The van der Waals surface area contributed by atoms with E-state index in [1.54, 1.807) is 0 Å². The van der Waals surface area contributed by atoms with Crippen LogP contribution in [0, 0.1) is 0 Å². The maximum absolute atomic E-state index is 5.83. The second-order valence-corrected chi connectivity index (χ2v) is 6.15. The third kappa shape index (κ3) is 6.27. The quantitative estimate of drug-likeness (QED) is 0.562. The van der Waals surface area contributed by atoms with Crippen LogP contribution >= 0.6 is 0 Å². The molecule has 0 aromatic carbocycles. The molecule has 0 amide bonds. The fraction of sp³-hybridized carbons (Fsp3) is 1.00. The van der Waals surface area contributed by atoms with Gasteiger partial charge in [0.2, 0.25) is 0 Å². The molecule has 0 atom stereocenters. The van der Waals surface area contributed by atoms with Gasteiger partial charge in [0.25, 0.3) is 0 Å². The molecular formula is C10H26N2O2Si. The predicted molar refractivity (Wildman–Crippen MR) is 65.6 cm³/mol. The van der Waals surface area contributed by atoms with Crippen molar-refractivity contribution in [2.24, 2.45) is 0 Å². The van der Waals surface area contributed by atoms with E-state index in [2.05, 4.69) is 30.7 Å². The van der Waals surface area contributed by atoms with Gasteiger partial charge in [-0.25, -0.2) is 0 Å². The molecule has 0 unspecified atom stereocenters. The zero-order chi connectivity index (χ0) is 11.6. The van der Waals surface area contributed by atoms with Crippen molar-refractivity contribution in [3.05, 3.63) is 0 Å². The molecule has 0 rings (SSSR count). The Morgan fingerprint density at radius 3 is 1.80 bits per heavy atom. The van der Waals surface area contributed by atoms with Gasteiger partial charge in [0.1, 0.15) is 0 Å². The van der Waals surface area contributed by atoms with Gasteiger partial charge in [-0.3, -0.25) is 9.96 Å².